The minimum absolute atomic E-state index is 0.0490. The Labute approximate surface area is 248 Å². The van der Waals surface area contributed by atoms with Gasteiger partial charge in [0.05, 0.1) is 36.5 Å². The molecule has 0 aromatic heterocycles. The van der Waals surface area contributed by atoms with Crippen molar-refractivity contribution in [2.45, 2.75) is 45.6 Å². The zero-order valence-electron chi connectivity index (χ0n) is 24.8. The average molecular weight is 565 g/mol. The van der Waals surface area contributed by atoms with Crippen molar-refractivity contribution in [2.75, 3.05) is 54.1 Å². The maximum atomic E-state index is 14.2. The van der Waals surface area contributed by atoms with Gasteiger partial charge < -0.3 is 19.4 Å². The van der Waals surface area contributed by atoms with Gasteiger partial charge in [0.2, 0.25) is 5.91 Å². The van der Waals surface area contributed by atoms with Gasteiger partial charge in [-0.05, 0) is 73.7 Å². The first-order valence-electron chi connectivity index (χ1n) is 15.2. The predicted molar refractivity (Wildman–Crippen MR) is 169 cm³/mol. The summed E-state index contributed by atoms with van der Waals surface area (Å²) in [6.07, 6.45) is 1.11. The number of carbonyl (C=O) groups is 2. The third kappa shape index (κ3) is 5.34. The number of hydrogen-bond donors (Lipinski definition) is 0. The van der Waals surface area contributed by atoms with Crippen LogP contribution in [-0.4, -0.2) is 56.8 Å². The Hall–Kier alpha value is -3.97. The second-order valence-electron chi connectivity index (χ2n) is 11.4. The van der Waals surface area contributed by atoms with Gasteiger partial charge in [0.15, 0.2) is 0 Å². The summed E-state index contributed by atoms with van der Waals surface area (Å²) in [6, 6.07) is 24.4. The lowest BCUT2D eigenvalue weighted by atomic mass is 9.72. The number of ketones is 1. The summed E-state index contributed by atoms with van der Waals surface area (Å²) in [6.45, 7) is 11.0. The molecule has 0 spiro atoms. The number of Topliss-reactive ketones (excluding diaryl/α,β-unsaturated/α-hetero) is 1. The Bertz CT molecular complexity index is 1460. The molecule has 218 valence electrons. The van der Waals surface area contributed by atoms with E-state index in [9.17, 15) is 9.59 Å². The number of hydrogen-bond acceptors (Lipinski definition) is 6. The van der Waals surface area contributed by atoms with Gasteiger partial charge >= 0.3 is 0 Å². The van der Waals surface area contributed by atoms with Crippen LogP contribution in [0.1, 0.15) is 56.7 Å². The number of benzene rings is 3. The fraction of sp³-hybridized carbons (Fsp3) is 0.400. The standard InChI is InChI=1S/C35H40N4O3/c1-4-37(5-2)28-16-12-26(13-17-28)35-34-31(36-30-8-6-7-9-32(30)39(35)24(3)40)22-27(23-33(34)41)25-10-14-29(15-11-25)38-18-20-42-21-19-38/h6-17,27,34-35H,4-5,18-23H2,1-3H3. The number of para-hydroxylation sites is 2. The predicted octanol–water partition coefficient (Wildman–Crippen LogP) is 6.31. The molecule has 2 fully saturated rings. The molecular formula is C35H40N4O3. The molecule has 1 aliphatic carbocycles. The maximum absolute atomic E-state index is 14.2. The molecule has 3 aromatic rings. The molecule has 7 nitrogen and oxygen atoms in total. The molecule has 1 saturated heterocycles. The topological polar surface area (TPSA) is 65.5 Å². The molecule has 3 atom stereocenters. The molecular weight excluding hydrogens is 524 g/mol. The van der Waals surface area contributed by atoms with Crippen LogP contribution in [0, 0.1) is 5.92 Å². The SMILES string of the molecule is CCN(CC)c1ccc(C2C3C(=O)CC(c4ccc(N5CCOCC5)cc4)CC3=Nc3ccccc3N2C(C)=O)cc1. The zero-order chi connectivity index (χ0) is 29.2. The number of morpholine rings is 1. The van der Waals surface area contributed by atoms with Gasteiger partial charge in [-0.2, -0.15) is 0 Å². The van der Waals surface area contributed by atoms with Crippen molar-refractivity contribution in [2.24, 2.45) is 10.9 Å². The van der Waals surface area contributed by atoms with Gasteiger partial charge in [0.1, 0.15) is 5.78 Å². The minimum atomic E-state index is -0.496. The second-order valence-corrected chi connectivity index (χ2v) is 11.4. The Morgan fingerprint density at radius 3 is 2.24 bits per heavy atom. The number of amides is 1. The molecule has 3 unspecified atom stereocenters. The number of nitrogens with zero attached hydrogens (tertiary/aromatic N) is 4. The Kier molecular flexibility index (Phi) is 8.11. The van der Waals surface area contributed by atoms with Gasteiger partial charge in [0.25, 0.3) is 0 Å². The number of rotatable bonds is 6. The van der Waals surface area contributed by atoms with E-state index in [1.807, 2.05) is 24.3 Å². The quantitative estimate of drug-likeness (QED) is 0.351. The van der Waals surface area contributed by atoms with Crippen molar-refractivity contribution >= 4 is 40.2 Å². The average Bonchev–Trinajstić information content (AvgIpc) is 3.17. The summed E-state index contributed by atoms with van der Waals surface area (Å²) in [5.74, 6) is -0.401. The number of aliphatic imine (C=N–C) groups is 1. The molecule has 42 heavy (non-hydrogen) atoms. The van der Waals surface area contributed by atoms with E-state index in [0.717, 1.165) is 73.3 Å². The highest BCUT2D eigenvalue weighted by atomic mass is 16.5. The molecule has 0 bridgehead atoms. The Morgan fingerprint density at radius 1 is 0.905 bits per heavy atom. The van der Waals surface area contributed by atoms with E-state index in [1.165, 1.54) is 5.69 Å². The normalized spacial score (nSPS) is 22.1. The van der Waals surface area contributed by atoms with Crippen molar-refractivity contribution in [1.29, 1.82) is 0 Å². The summed E-state index contributed by atoms with van der Waals surface area (Å²) in [5.41, 5.74) is 6.79. The highest BCUT2D eigenvalue weighted by Gasteiger charge is 2.45. The van der Waals surface area contributed by atoms with Crippen LogP contribution in [0.5, 0.6) is 0 Å². The van der Waals surface area contributed by atoms with Crippen molar-refractivity contribution in [1.82, 2.24) is 0 Å². The molecule has 7 heteroatoms. The molecule has 2 aliphatic heterocycles. The fourth-order valence-corrected chi connectivity index (χ4v) is 6.89. The first-order chi connectivity index (χ1) is 20.5. The molecule has 0 radical (unpaired) electrons. The van der Waals surface area contributed by atoms with Crippen molar-refractivity contribution < 1.29 is 14.3 Å². The van der Waals surface area contributed by atoms with Crippen molar-refractivity contribution in [3.8, 4) is 0 Å². The maximum Gasteiger partial charge on any atom is 0.224 e. The smallest absolute Gasteiger partial charge is 0.224 e. The molecule has 2 heterocycles. The lowest BCUT2D eigenvalue weighted by molar-refractivity contribution is -0.123. The lowest BCUT2D eigenvalue weighted by Crippen LogP contribution is -2.45. The highest BCUT2D eigenvalue weighted by molar-refractivity contribution is 6.13. The van der Waals surface area contributed by atoms with E-state index >= 15 is 0 Å². The number of carbonyl (C=O) groups excluding carboxylic acids is 2. The van der Waals surface area contributed by atoms with Crippen LogP contribution in [-0.2, 0) is 14.3 Å². The fourth-order valence-electron chi connectivity index (χ4n) is 6.89. The summed E-state index contributed by atoms with van der Waals surface area (Å²) >= 11 is 0. The van der Waals surface area contributed by atoms with Gasteiger partial charge in [-0.15, -0.1) is 0 Å². The first-order valence-corrected chi connectivity index (χ1v) is 15.2. The molecule has 6 rings (SSSR count). The third-order valence-electron chi connectivity index (χ3n) is 9.05. The van der Waals surface area contributed by atoms with Crippen molar-refractivity contribution in [3.05, 3.63) is 83.9 Å². The van der Waals surface area contributed by atoms with Crippen LogP contribution in [0.15, 0.2) is 77.8 Å². The van der Waals surface area contributed by atoms with E-state index in [1.54, 1.807) is 11.8 Å². The van der Waals surface area contributed by atoms with E-state index in [0.29, 0.717) is 12.8 Å². The van der Waals surface area contributed by atoms with Gasteiger partial charge in [0, 0.05) is 56.6 Å². The van der Waals surface area contributed by atoms with Crippen LogP contribution in [0.4, 0.5) is 22.7 Å². The number of anilines is 3. The van der Waals surface area contributed by atoms with Gasteiger partial charge in [-0.25, -0.2) is 0 Å². The van der Waals surface area contributed by atoms with Crippen molar-refractivity contribution in [3.63, 3.8) is 0 Å². The summed E-state index contributed by atoms with van der Waals surface area (Å²) < 4.78 is 5.51. The zero-order valence-corrected chi connectivity index (χ0v) is 24.8. The van der Waals surface area contributed by atoms with Crippen LogP contribution >= 0.6 is 0 Å². The Balaban J connectivity index is 1.37. The highest BCUT2D eigenvalue weighted by Crippen LogP contribution is 2.47. The van der Waals surface area contributed by atoms with E-state index in [2.05, 4.69) is 72.2 Å². The molecule has 0 N–H and O–H groups in total. The minimum Gasteiger partial charge on any atom is -0.378 e. The Morgan fingerprint density at radius 2 is 1.57 bits per heavy atom. The molecule has 1 saturated carbocycles. The first kappa shape index (κ1) is 28.2. The van der Waals surface area contributed by atoms with Crippen LogP contribution in [0.2, 0.25) is 0 Å². The lowest BCUT2D eigenvalue weighted by Gasteiger charge is -2.38. The van der Waals surface area contributed by atoms with Crippen LogP contribution in [0.25, 0.3) is 0 Å². The number of fused-ring (bicyclic) bond motifs is 2. The monoisotopic (exact) mass is 564 g/mol. The summed E-state index contributed by atoms with van der Waals surface area (Å²) in [4.78, 5) is 39.1. The second kappa shape index (κ2) is 12.1. The largest absolute Gasteiger partial charge is 0.378 e. The summed E-state index contributed by atoms with van der Waals surface area (Å²) in [7, 11) is 0. The van der Waals surface area contributed by atoms with Gasteiger partial charge in [-0.1, -0.05) is 36.4 Å². The van der Waals surface area contributed by atoms with E-state index in [4.69, 9.17) is 9.73 Å². The van der Waals surface area contributed by atoms with E-state index in [-0.39, 0.29) is 17.6 Å². The summed E-state index contributed by atoms with van der Waals surface area (Å²) in [5, 5.41) is 0. The van der Waals surface area contributed by atoms with E-state index < -0.39 is 12.0 Å². The van der Waals surface area contributed by atoms with Gasteiger partial charge in [-0.3, -0.25) is 14.6 Å². The molecule has 3 aliphatic rings. The molecule has 3 aromatic carbocycles. The van der Waals surface area contributed by atoms with Crippen LogP contribution in [0.3, 0.4) is 0 Å². The van der Waals surface area contributed by atoms with Crippen LogP contribution < -0.4 is 14.7 Å². The third-order valence-corrected chi connectivity index (χ3v) is 9.05. The molecule has 1 amide bonds. The number of ether oxygens (including phenoxy) is 1.